The molecule has 2 rings (SSSR count). The molecule has 0 bridgehead atoms. The van der Waals surface area contributed by atoms with Gasteiger partial charge in [-0.25, -0.2) is 4.98 Å². The largest absolute Gasteiger partial charge is 0.347 e. The maximum Gasteiger partial charge on any atom is 0.242 e. The highest BCUT2D eigenvalue weighted by Gasteiger charge is 2.15. The number of hydrogen-bond donors (Lipinski definition) is 0. The van der Waals surface area contributed by atoms with Crippen LogP contribution in [0.5, 0.6) is 0 Å². The van der Waals surface area contributed by atoms with Crippen molar-refractivity contribution in [1.82, 2.24) is 14.5 Å². The highest BCUT2D eigenvalue weighted by molar-refractivity contribution is 6.42. The molecule has 7 heteroatoms. The number of alkyl halides is 1. The van der Waals surface area contributed by atoms with Crippen LogP contribution in [-0.4, -0.2) is 34.5 Å². The van der Waals surface area contributed by atoms with E-state index < -0.39 is 0 Å². The third-order valence-electron chi connectivity index (χ3n) is 2.78. The van der Waals surface area contributed by atoms with E-state index in [1.165, 1.54) is 4.90 Å². The number of hydrogen-bond acceptors (Lipinski definition) is 2. The van der Waals surface area contributed by atoms with Gasteiger partial charge in [0.1, 0.15) is 12.4 Å². The van der Waals surface area contributed by atoms with Crippen LogP contribution in [-0.2, 0) is 17.2 Å². The Kier molecular flexibility index (Phi) is 4.23. The summed E-state index contributed by atoms with van der Waals surface area (Å²) in [6.07, 6.45) is 0. The van der Waals surface area contributed by atoms with Crippen molar-refractivity contribution >= 4 is 51.7 Å². The van der Waals surface area contributed by atoms with Crippen molar-refractivity contribution in [2.45, 2.75) is 12.4 Å². The van der Waals surface area contributed by atoms with E-state index in [0.717, 1.165) is 5.52 Å². The van der Waals surface area contributed by atoms with Crippen molar-refractivity contribution in [3.8, 4) is 0 Å². The molecular weight excluding hydrogens is 309 g/mol. The zero-order valence-corrected chi connectivity index (χ0v) is 12.7. The summed E-state index contributed by atoms with van der Waals surface area (Å²) in [5.41, 5.74) is 1.43. The molecular formula is C12H12Cl3N3O. The van der Waals surface area contributed by atoms with E-state index in [2.05, 4.69) is 4.98 Å². The number of carbonyl (C=O) groups excluding carboxylic acids is 1. The number of aromatic nitrogens is 2. The van der Waals surface area contributed by atoms with Crippen molar-refractivity contribution in [3.05, 3.63) is 28.0 Å². The van der Waals surface area contributed by atoms with Gasteiger partial charge < -0.3 is 9.47 Å². The lowest BCUT2D eigenvalue weighted by atomic mass is 10.3. The molecule has 0 saturated carbocycles. The third kappa shape index (κ3) is 2.81. The summed E-state index contributed by atoms with van der Waals surface area (Å²) in [6.45, 7) is 0.170. The van der Waals surface area contributed by atoms with Crippen LogP contribution in [0, 0.1) is 0 Å². The molecule has 2 aromatic rings. The second-order valence-electron chi connectivity index (χ2n) is 4.29. The first-order valence-corrected chi connectivity index (χ1v) is 6.83. The maximum atomic E-state index is 11.8. The first-order chi connectivity index (χ1) is 8.93. The van der Waals surface area contributed by atoms with Crippen molar-refractivity contribution in [2.75, 3.05) is 14.1 Å². The zero-order chi connectivity index (χ0) is 14.2. The van der Waals surface area contributed by atoms with Crippen LogP contribution in [0.15, 0.2) is 12.1 Å². The Balaban J connectivity index is 2.57. The molecule has 0 N–H and O–H groups in total. The Labute approximate surface area is 125 Å². The molecule has 0 aliphatic heterocycles. The number of amides is 1. The van der Waals surface area contributed by atoms with Crippen LogP contribution in [0.3, 0.4) is 0 Å². The summed E-state index contributed by atoms with van der Waals surface area (Å²) in [5.74, 6) is 0.784. The number of halogens is 3. The molecule has 0 atom stereocenters. The second kappa shape index (κ2) is 5.57. The molecule has 0 aliphatic carbocycles. The van der Waals surface area contributed by atoms with Gasteiger partial charge in [0.25, 0.3) is 0 Å². The molecule has 0 fully saturated rings. The molecule has 0 spiro atoms. The molecule has 0 aliphatic rings. The number of imidazole rings is 1. The molecule has 0 saturated heterocycles. The molecule has 19 heavy (non-hydrogen) atoms. The van der Waals surface area contributed by atoms with Gasteiger partial charge in [-0.05, 0) is 12.1 Å². The van der Waals surface area contributed by atoms with Crippen LogP contribution in [0.4, 0.5) is 0 Å². The molecule has 0 radical (unpaired) electrons. The van der Waals surface area contributed by atoms with E-state index in [1.54, 1.807) is 30.8 Å². The number of fused-ring (bicyclic) bond motifs is 1. The number of benzene rings is 1. The summed E-state index contributed by atoms with van der Waals surface area (Å²) in [6, 6.07) is 3.37. The molecule has 1 aromatic carbocycles. The van der Waals surface area contributed by atoms with Crippen molar-refractivity contribution in [2.24, 2.45) is 0 Å². The lowest BCUT2D eigenvalue weighted by Crippen LogP contribution is -2.26. The summed E-state index contributed by atoms with van der Waals surface area (Å²) >= 11 is 17.8. The highest BCUT2D eigenvalue weighted by Crippen LogP contribution is 2.28. The van der Waals surface area contributed by atoms with Gasteiger partial charge in [-0.2, -0.15) is 0 Å². The molecule has 1 heterocycles. The SMILES string of the molecule is CN(C)C(=O)Cn1c(CCl)nc2cc(Cl)c(Cl)cc21. The van der Waals surface area contributed by atoms with Gasteiger partial charge in [-0.1, -0.05) is 23.2 Å². The Morgan fingerprint density at radius 2 is 1.95 bits per heavy atom. The van der Waals surface area contributed by atoms with Crippen molar-refractivity contribution in [3.63, 3.8) is 0 Å². The minimum absolute atomic E-state index is 0.0447. The van der Waals surface area contributed by atoms with E-state index in [4.69, 9.17) is 34.8 Å². The first kappa shape index (κ1) is 14.4. The smallest absolute Gasteiger partial charge is 0.242 e. The lowest BCUT2D eigenvalue weighted by molar-refractivity contribution is -0.129. The Bertz CT molecular complexity index is 637. The van der Waals surface area contributed by atoms with Gasteiger partial charge in [-0.15, -0.1) is 11.6 Å². The Morgan fingerprint density at radius 3 is 2.53 bits per heavy atom. The quantitative estimate of drug-likeness (QED) is 0.815. The number of carbonyl (C=O) groups is 1. The zero-order valence-electron chi connectivity index (χ0n) is 10.5. The van der Waals surface area contributed by atoms with E-state index in [1.807, 2.05) is 0 Å². The number of nitrogens with zero attached hydrogens (tertiary/aromatic N) is 3. The fraction of sp³-hybridized carbons (Fsp3) is 0.333. The average Bonchev–Trinajstić information content (AvgIpc) is 2.67. The van der Waals surface area contributed by atoms with Gasteiger partial charge in [0.2, 0.25) is 5.91 Å². The van der Waals surface area contributed by atoms with Crippen LogP contribution in [0.1, 0.15) is 5.82 Å². The van der Waals surface area contributed by atoms with E-state index in [9.17, 15) is 4.79 Å². The van der Waals surface area contributed by atoms with Gasteiger partial charge in [-0.3, -0.25) is 4.79 Å². The van der Waals surface area contributed by atoms with Crippen LogP contribution < -0.4 is 0 Å². The monoisotopic (exact) mass is 319 g/mol. The summed E-state index contributed by atoms with van der Waals surface area (Å²) in [4.78, 5) is 17.7. The average molecular weight is 321 g/mol. The van der Waals surface area contributed by atoms with Gasteiger partial charge in [0.05, 0.1) is 27.0 Å². The molecule has 1 aromatic heterocycles. The summed E-state index contributed by atoms with van der Waals surface area (Å²) in [5, 5.41) is 0.854. The molecule has 102 valence electrons. The van der Waals surface area contributed by atoms with E-state index >= 15 is 0 Å². The number of likely N-dealkylation sites (N-methyl/N-ethyl adjacent to an activating group) is 1. The standard InChI is InChI=1S/C12H12Cl3N3O/c1-17(2)12(19)6-18-10-4-8(15)7(14)3-9(10)16-11(18)5-13/h3-4H,5-6H2,1-2H3. The second-order valence-corrected chi connectivity index (χ2v) is 5.37. The molecule has 1 amide bonds. The highest BCUT2D eigenvalue weighted by atomic mass is 35.5. The summed E-state index contributed by atoms with van der Waals surface area (Å²) < 4.78 is 1.76. The Hall–Kier alpha value is -0.970. The van der Waals surface area contributed by atoms with Gasteiger partial charge in [0, 0.05) is 14.1 Å². The van der Waals surface area contributed by atoms with E-state index in [-0.39, 0.29) is 18.3 Å². The fourth-order valence-electron chi connectivity index (χ4n) is 1.73. The summed E-state index contributed by atoms with van der Waals surface area (Å²) in [7, 11) is 3.40. The third-order valence-corrected chi connectivity index (χ3v) is 3.74. The minimum Gasteiger partial charge on any atom is -0.347 e. The molecule has 0 unspecified atom stereocenters. The topological polar surface area (TPSA) is 38.1 Å². The molecule has 4 nitrogen and oxygen atoms in total. The van der Waals surface area contributed by atoms with Gasteiger partial charge >= 0.3 is 0 Å². The first-order valence-electron chi connectivity index (χ1n) is 5.54. The predicted molar refractivity (Wildman–Crippen MR) is 78.0 cm³/mol. The lowest BCUT2D eigenvalue weighted by Gasteiger charge is -2.12. The number of rotatable bonds is 3. The minimum atomic E-state index is -0.0447. The van der Waals surface area contributed by atoms with Gasteiger partial charge in [0.15, 0.2) is 0 Å². The van der Waals surface area contributed by atoms with Crippen LogP contribution in [0.2, 0.25) is 10.0 Å². The maximum absolute atomic E-state index is 11.8. The van der Waals surface area contributed by atoms with Crippen LogP contribution in [0.25, 0.3) is 11.0 Å². The fourth-order valence-corrected chi connectivity index (χ4v) is 2.24. The Morgan fingerprint density at radius 1 is 1.32 bits per heavy atom. The predicted octanol–water partition coefficient (Wildman–Crippen LogP) is 3.17. The van der Waals surface area contributed by atoms with E-state index in [0.29, 0.717) is 21.4 Å². The van der Waals surface area contributed by atoms with Crippen molar-refractivity contribution < 1.29 is 4.79 Å². The normalized spacial score (nSPS) is 11.0. The van der Waals surface area contributed by atoms with Crippen molar-refractivity contribution in [1.29, 1.82) is 0 Å². The van der Waals surface area contributed by atoms with Crippen LogP contribution >= 0.6 is 34.8 Å².